The summed E-state index contributed by atoms with van der Waals surface area (Å²) in [6.07, 6.45) is 1.85. The van der Waals surface area contributed by atoms with E-state index in [1.54, 1.807) is 18.2 Å². The summed E-state index contributed by atoms with van der Waals surface area (Å²) in [5, 5.41) is 7.19. The fourth-order valence-corrected chi connectivity index (χ4v) is 5.76. The molecule has 0 saturated carbocycles. The second-order valence-corrected chi connectivity index (χ2v) is 9.30. The van der Waals surface area contributed by atoms with E-state index in [1.165, 1.54) is 11.8 Å². The molecule has 134 valence electrons. The molecule has 1 amide bonds. The van der Waals surface area contributed by atoms with Crippen molar-refractivity contribution in [3.8, 4) is 0 Å². The number of amides is 1. The summed E-state index contributed by atoms with van der Waals surface area (Å²) in [5.41, 5.74) is 2.55. The number of halogens is 4. The van der Waals surface area contributed by atoms with Crippen LogP contribution in [0.3, 0.4) is 0 Å². The van der Waals surface area contributed by atoms with Gasteiger partial charge in [-0.25, -0.2) is 4.99 Å². The minimum atomic E-state index is -0.186. The normalized spacial score (nSPS) is 17.0. The number of carbonyl (C=O) groups excluding carboxylic acids is 1. The first-order valence-electron chi connectivity index (χ1n) is 7.29. The summed E-state index contributed by atoms with van der Waals surface area (Å²) in [5.74, 6) is -0.186. The summed E-state index contributed by atoms with van der Waals surface area (Å²) in [6, 6.07) is 9.25. The molecule has 3 rings (SSSR count). The van der Waals surface area contributed by atoms with Crippen molar-refractivity contribution in [2.75, 3.05) is 12.4 Å². The van der Waals surface area contributed by atoms with Gasteiger partial charge in [-0.3, -0.25) is 4.79 Å². The van der Waals surface area contributed by atoms with E-state index in [-0.39, 0.29) is 5.91 Å². The van der Waals surface area contributed by atoms with Crippen molar-refractivity contribution < 1.29 is 4.79 Å². The van der Waals surface area contributed by atoms with Crippen molar-refractivity contribution in [3.05, 3.63) is 58.0 Å². The highest BCUT2D eigenvalue weighted by atomic mass is 127. The maximum Gasteiger partial charge on any atom is 0.264 e. The molecule has 0 atom stereocenters. The van der Waals surface area contributed by atoms with Crippen LogP contribution < -0.4 is 10.6 Å². The average Bonchev–Trinajstić information content (AvgIpc) is 2.91. The summed E-state index contributed by atoms with van der Waals surface area (Å²) in [4.78, 5) is 17.2. The maximum absolute atomic E-state index is 12.3. The van der Waals surface area contributed by atoms with Gasteiger partial charge >= 0.3 is 0 Å². The molecule has 9 heteroatoms. The summed E-state index contributed by atoms with van der Waals surface area (Å²) >= 11 is 18.0. The number of aliphatic imine (C=N–C) groups is 1. The van der Waals surface area contributed by atoms with Gasteiger partial charge in [-0.15, -0.1) is 0 Å². The molecular weight excluding hydrogens is 619 g/mol. The Morgan fingerprint density at radius 3 is 2.58 bits per heavy atom. The molecule has 2 N–H and O–H groups in total. The Morgan fingerprint density at radius 2 is 1.92 bits per heavy atom. The quantitative estimate of drug-likeness (QED) is 0.317. The lowest BCUT2D eigenvalue weighted by molar-refractivity contribution is -0.115. The monoisotopic (exact) mass is 629 g/mol. The lowest BCUT2D eigenvalue weighted by Gasteiger charge is -2.08. The highest BCUT2D eigenvalue weighted by Crippen LogP contribution is 2.35. The first-order valence-corrected chi connectivity index (χ1v) is 11.0. The smallest absolute Gasteiger partial charge is 0.264 e. The third-order valence-electron chi connectivity index (χ3n) is 3.42. The Hall–Kier alpha value is -0.490. The van der Waals surface area contributed by atoms with E-state index in [0.29, 0.717) is 25.8 Å². The van der Waals surface area contributed by atoms with Gasteiger partial charge in [0.2, 0.25) is 0 Å². The number of rotatable bonds is 3. The van der Waals surface area contributed by atoms with Crippen LogP contribution in [0.25, 0.3) is 6.08 Å². The molecule has 1 saturated heterocycles. The molecule has 0 bridgehead atoms. The zero-order valence-corrected chi connectivity index (χ0v) is 19.9. The molecule has 1 heterocycles. The van der Waals surface area contributed by atoms with E-state index in [9.17, 15) is 4.79 Å². The lowest BCUT2D eigenvalue weighted by atomic mass is 10.2. The lowest BCUT2D eigenvalue weighted by Crippen LogP contribution is -2.19. The largest absolute Gasteiger partial charge is 0.386 e. The SMILES string of the molecule is CNc1c(I)cc(/C=C2\SC(=Nc3cccc(Cl)c3Cl)NC2=O)cc1I. The molecule has 2 aromatic rings. The number of thioether (sulfide) groups is 1. The zero-order valence-electron chi connectivity index (χ0n) is 13.2. The number of carbonyl (C=O) groups is 1. The van der Waals surface area contributed by atoms with Crippen molar-refractivity contribution in [3.63, 3.8) is 0 Å². The second-order valence-electron chi connectivity index (χ2n) is 5.16. The molecule has 0 aliphatic carbocycles. The van der Waals surface area contributed by atoms with Gasteiger partial charge in [0.25, 0.3) is 5.91 Å². The molecule has 1 aliphatic rings. The predicted molar refractivity (Wildman–Crippen MR) is 129 cm³/mol. The Bertz CT molecular complexity index is 940. The van der Waals surface area contributed by atoms with E-state index in [4.69, 9.17) is 23.2 Å². The Kier molecular flexibility index (Phi) is 6.76. The third-order valence-corrected chi connectivity index (χ3v) is 6.84. The number of anilines is 1. The minimum absolute atomic E-state index is 0.186. The van der Waals surface area contributed by atoms with Crippen molar-refractivity contribution in [1.82, 2.24) is 5.32 Å². The van der Waals surface area contributed by atoms with Crippen LogP contribution in [-0.4, -0.2) is 18.1 Å². The molecule has 1 aliphatic heterocycles. The van der Waals surface area contributed by atoms with E-state index in [1.807, 2.05) is 25.3 Å². The van der Waals surface area contributed by atoms with Gasteiger partial charge in [0, 0.05) is 14.2 Å². The maximum atomic E-state index is 12.3. The molecule has 2 aromatic carbocycles. The molecule has 0 radical (unpaired) electrons. The third kappa shape index (κ3) is 4.49. The van der Waals surface area contributed by atoms with Crippen LogP contribution in [0.15, 0.2) is 40.2 Å². The Balaban J connectivity index is 1.89. The molecule has 0 aromatic heterocycles. The van der Waals surface area contributed by atoms with Crippen molar-refractivity contribution in [2.24, 2.45) is 4.99 Å². The van der Waals surface area contributed by atoms with Gasteiger partial charge in [-0.2, -0.15) is 0 Å². The van der Waals surface area contributed by atoms with Crippen LogP contribution in [0.1, 0.15) is 5.56 Å². The summed E-state index contributed by atoms with van der Waals surface area (Å²) < 4.78 is 2.18. The fraction of sp³-hybridized carbons (Fsp3) is 0.0588. The van der Waals surface area contributed by atoms with Gasteiger partial charge in [-0.05, 0) is 92.8 Å². The van der Waals surface area contributed by atoms with Crippen LogP contribution in [0.4, 0.5) is 11.4 Å². The van der Waals surface area contributed by atoms with Gasteiger partial charge in [0.15, 0.2) is 5.17 Å². The van der Waals surface area contributed by atoms with Crippen LogP contribution >= 0.6 is 80.1 Å². The number of hydrogen-bond donors (Lipinski definition) is 2. The predicted octanol–water partition coefficient (Wildman–Crippen LogP) is 6.14. The first kappa shape index (κ1) is 20.2. The van der Waals surface area contributed by atoms with Crippen molar-refractivity contribution >= 4 is 109 Å². The highest BCUT2D eigenvalue weighted by Gasteiger charge is 2.24. The highest BCUT2D eigenvalue weighted by molar-refractivity contribution is 14.1. The topological polar surface area (TPSA) is 53.5 Å². The fourth-order valence-electron chi connectivity index (χ4n) is 2.23. The summed E-state index contributed by atoms with van der Waals surface area (Å²) in [7, 11) is 1.89. The standard InChI is InChI=1S/C17H11Cl2I2N3OS/c1-22-15-10(20)5-8(6-11(15)21)7-13-16(25)24-17(26-13)23-12-4-2-3-9(18)14(12)19/h2-7,22H,1H3,(H,23,24,25)/b13-7-. The van der Waals surface area contributed by atoms with Gasteiger partial charge in [0.1, 0.15) is 0 Å². The Morgan fingerprint density at radius 1 is 1.23 bits per heavy atom. The number of benzene rings is 2. The molecule has 26 heavy (non-hydrogen) atoms. The Labute approximate surface area is 192 Å². The molecule has 1 fully saturated rings. The molecule has 0 unspecified atom stereocenters. The van der Waals surface area contributed by atoms with E-state index < -0.39 is 0 Å². The van der Waals surface area contributed by atoms with Crippen LogP contribution in [0.2, 0.25) is 10.0 Å². The molecular formula is C17H11Cl2I2N3OS. The van der Waals surface area contributed by atoms with E-state index in [2.05, 4.69) is 60.8 Å². The number of nitrogens with one attached hydrogen (secondary N) is 2. The van der Waals surface area contributed by atoms with Gasteiger partial charge in [0.05, 0.1) is 26.3 Å². The minimum Gasteiger partial charge on any atom is -0.386 e. The first-order chi connectivity index (χ1) is 12.4. The van der Waals surface area contributed by atoms with E-state index in [0.717, 1.165) is 18.4 Å². The second kappa shape index (κ2) is 8.68. The zero-order chi connectivity index (χ0) is 18.8. The number of nitrogens with zero attached hydrogens (tertiary/aromatic N) is 1. The van der Waals surface area contributed by atoms with Crippen LogP contribution in [0.5, 0.6) is 0 Å². The van der Waals surface area contributed by atoms with Crippen molar-refractivity contribution in [1.29, 1.82) is 0 Å². The van der Waals surface area contributed by atoms with Gasteiger partial charge in [-0.1, -0.05) is 29.3 Å². The number of amidine groups is 1. The average molecular weight is 630 g/mol. The molecule has 0 spiro atoms. The van der Waals surface area contributed by atoms with E-state index >= 15 is 0 Å². The summed E-state index contributed by atoms with van der Waals surface area (Å²) in [6.45, 7) is 0. The van der Waals surface area contributed by atoms with Crippen LogP contribution in [-0.2, 0) is 4.79 Å². The molecule has 4 nitrogen and oxygen atoms in total. The van der Waals surface area contributed by atoms with Crippen LogP contribution in [0, 0.1) is 7.14 Å². The number of hydrogen-bond acceptors (Lipinski definition) is 4. The van der Waals surface area contributed by atoms with Gasteiger partial charge < -0.3 is 10.6 Å². The van der Waals surface area contributed by atoms with Crippen molar-refractivity contribution in [2.45, 2.75) is 0 Å².